The van der Waals surface area contributed by atoms with Crippen molar-refractivity contribution in [1.29, 1.82) is 0 Å². The Labute approximate surface area is 157 Å². The van der Waals surface area contributed by atoms with Crippen LogP contribution in [0.4, 0.5) is 17.6 Å². The molecule has 9 nitrogen and oxygen atoms in total. The van der Waals surface area contributed by atoms with Gasteiger partial charge >= 0.3 is 0 Å². The van der Waals surface area contributed by atoms with E-state index in [-0.39, 0.29) is 12.0 Å². The summed E-state index contributed by atoms with van der Waals surface area (Å²) in [5.41, 5.74) is 6.88. The summed E-state index contributed by atoms with van der Waals surface area (Å²) in [4.78, 5) is 19.8. The molecule has 1 aliphatic heterocycles. The minimum absolute atomic E-state index is 0.222. The molecule has 1 fully saturated rings. The largest absolute Gasteiger partial charge is 0.368 e. The Bertz CT molecular complexity index is 902. The average Bonchev–Trinajstić information content (AvgIpc) is 3.15. The lowest BCUT2D eigenvalue weighted by atomic mass is 10.1. The van der Waals surface area contributed by atoms with Crippen molar-refractivity contribution in [3.8, 4) is 5.82 Å². The van der Waals surface area contributed by atoms with Crippen molar-refractivity contribution in [2.45, 2.75) is 32.7 Å². The monoisotopic (exact) mass is 365 g/mol. The summed E-state index contributed by atoms with van der Waals surface area (Å²) in [5, 5.41) is 7.70. The van der Waals surface area contributed by atoms with Crippen LogP contribution in [0, 0.1) is 13.8 Å². The highest BCUT2D eigenvalue weighted by molar-refractivity contribution is 5.47. The Kier molecular flexibility index (Phi) is 4.57. The molecule has 0 spiro atoms. The third-order valence-corrected chi connectivity index (χ3v) is 4.52. The molecule has 9 heteroatoms. The van der Waals surface area contributed by atoms with Gasteiger partial charge in [-0.05, 0) is 32.8 Å². The summed E-state index contributed by atoms with van der Waals surface area (Å²) in [5.74, 6) is 3.35. The first-order valence-electron chi connectivity index (χ1n) is 9.05. The van der Waals surface area contributed by atoms with Gasteiger partial charge in [0.25, 0.3) is 0 Å². The molecule has 27 heavy (non-hydrogen) atoms. The molecule has 4 heterocycles. The van der Waals surface area contributed by atoms with E-state index in [1.165, 1.54) is 0 Å². The SMILES string of the molecule is Cc1cc(N2CCCC(Nc3cc(-n4cccn4)nc(N)n3)C2)nc(C)n1. The van der Waals surface area contributed by atoms with Crippen molar-refractivity contribution in [3.63, 3.8) is 0 Å². The van der Waals surface area contributed by atoms with Crippen LogP contribution in [0.3, 0.4) is 0 Å². The minimum Gasteiger partial charge on any atom is -0.368 e. The van der Waals surface area contributed by atoms with E-state index in [0.29, 0.717) is 11.6 Å². The number of nitrogens with zero attached hydrogens (tertiary/aromatic N) is 7. The first-order valence-corrected chi connectivity index (χ1v) is 9.05. The lowest BCUT2D eigenvalue weighted by Crippen LogP contribution is -2.42. The highest BCUT2D eigenvalue weighted by Gasteiger charge is 2.22. The number of hydrogen-bond donors (Lipinski definition) is 2. The van der Waals surface area contributed by atoms with Crippen molar-refractivity contribution in [2.75, 3.05) is 29.0 Å². The average molecular weight is 365 g/mol. The molecule has 1 unspecified atom stereocenters. The smallest absolute Gasteiger partial charge is 0.224 e. The number of nitrogen functional groups attached to an aromatic ring is 1. The highest BCUT2D eigenvalue weighted by Crippen LogP contribution is 2.21. The van der Waals surface area contributed by atoms with Gasteiger partial charge in [-0.15, -0.1) is 0 Å². The fourth-order valence-corrected chi connectivity index (χ4v) is 3.42. The Hall–Kier alpha value is -3.23. The van der Waals surface area contributed by atoms with E-state index in [4.69, 9.17) is 5.73 Å². The number of piperidine rings is 1. The van der Waals surface area contributed by atoms with Crippen LogP contribution in [0.1, 0.15) is 24.4 Å². The summed E-state index contributed by atoms with van der Waals surface area (Å²) in [7, 11) is 0. The molecular weight excluding hydrogens is 342 g/mol. The van der Waals surface area contributed by atoms with Crippen molar-refractivity contribution in [1.82, 2.24) is 29.7 Å². The number of aromatic nitrogens is 6. The fourth-order valence-electron chi connectivity index (χ4n) is 3.42. The van der Waals surface area contributed by atoms with Crippen molar-refractivity contribution in [3.05, 3.63) is 42.1 Å². The standard InChI is InChI=1S/C18H23N9/c1-12-9-16(22-13(2)21-12)26-7-3-5-14(11-26)23-15-10-17(25-18(19)24-15)27-8-4-6-20-27/h4,6,8-10,14H,3,5,7,11H2,1-2H3,(H3,19,23,24,25). The van der Waals surface area contributed by atoms with Crippen molar-refractivity contribution >= 4 is 17.6 Å². The molecule has 3 N–H and O–H groups in total. The predicted octanol–water partition coefficient (Wildman–Crippen LogP) is 1.73. The minimum atomic E-state index is 0.222. The summed E-state index contributed by atoms with van der Waals surface area (Å²) < 4.78 is 1.67. The number of rotatable bonds is 4. The van der Waals surface area contributed by atoms with Crippen LogP contribution in [0.25, 0.3) is 5.82 Å². The first-order chi connectivity index (χ1) is 13.1. The van der Waals surface area contributed by atoms with Crippen LogP contribution in [-0.4, -0.2) is 48.8 Å². The number of nitrogens with one attached hydrogen (secondary N) is 1. The summed E-state index contributed by atoms with van der Waals surface area (Å²) in [6.45, 7) is 5.75. The molecule has 3 aromatic heterocycles. The second-order valence-electron chi connectivity index (χ2n) is 6.76. The molecule has 0 saturated carbocycles. The Balaban J connectivity index is 1.51. The third kappa shape index (κ3) is 3.97. The maximum Gasteiger partial charge on any atom is 0.224 e. The molecular formula is C18H23N9. The molecule has 3 aromatic rings. The topological polar surface area (TPSA) is 111 Å². The van der Waals surface area contributed by atoms with Gasteiger partial charge in [-0.25, -0.2) is 14.6 Å². The lowest BCUT2D eigenvalue weighted by Gasteiger charge is -2.34. The van der Waals surface area contributed by atoms with Crippen LogP contribution in [0.15, 0.2) is 30.6 Å². The zero-order valence-electron chi connectivity index (χ0n) is 15.5. The number of hydrogen-bond acceptors (Lipinski definition) is 8. The van der Waals surface area contributed by atoms with Gasteiger partial charge in [0.15, 0.2) is 5.82 Å². The van der Waals surface area contributed by atoms with E-state index >= 15 is 0 Å². The van der Waals surface area contributed by atoms with Gasteiger partial charge in [0.1, 0.15) is 17.5 Å². The molecule has 0 aliphatic carbocycles. The van der Waals surface area contributed by atoms with Crippen molar-refractivity contribution < 1.29 is 0 Å². The van der Waals surface area contributed by atoms with Crippen LogP contribution in [-0.2, 0) is 0 Å². The summed E-state index contributed by atoms with van der Waals surface area (Å²) in [6, 6.07) is 5.99. The quantitative estimate of drug-likeness (QED) is 0.719. The molecule has 0 radical (unpaired) electrons. The van der Waals surface area contributed by atoms with Gasteiger partial charge in [0.05, 0.1) is 0 Å². The van der Waals surface area contributed by atoms with E-state index in [0.717, 1.165) is 43.3 Å². The molecule has 0 amide bonds. The van der Waals surface area contributed by atoms with E-state index in [1.807, 2.05) is 38.2 Å². The van der Waals surface area contributed by atoms with Crippen LogP contribution in [0.5, 0.6) is 0 Å². The normalized spacial score (nSPS) is 17.1. The van der Waals surface area contributed by atoms with Gasteiger partial charge in [-0.1, -0.05) is 0 Å². The first kappa shape index (κ1) is 17.2. The molecule has 1 saturated heterocycles. The lowest BCUT2D eigenvalue weighted by molar-refractivity contribution is 0.524. The fraction of sp³-hybridized carbons (Fsp3) is 0.389. The van der Waals surface area contributed by atoms with E-state index < -0.39 is 0 Å². The van der Waals surface area contributed by atoms with E-state index in [9.17, 15) is 0 Å². The van der Waals surface area contributed by atoms with E-state index in [1.54, 1.807) is 10.9 Å². The number of aryl methyl sites for hydroxylation is 2. The van der Waals surface area contributed by atoms with E-state index in [2.05, 4.69) is 35.3 Å². The number of anilines is 3. The second kappa shape index (κ2) is 7.18. The molecule has 4 rings (SSSR count). The van der Waals surface area contributed by atoms with Gasteiger partial charge in [-0.2, -0.15) is 15.1 Å². The van der Waals surface area contributed by atoms with Crippen LogP contribution in [0.2, 0.25) is 0 Å². The number of nitrogens with two attached hydrogens (primary N) is 1. The van der Waals surface area contributed by atoms with Crippen molar-refractivity contribution in [2.24, 2.45) is 0 Å². The van der Waals surface area contributed by atoms with Gasteiger partial charge in [0, 0.05) is 49.4 Å². The maximum atomic E-state index is 5.89. The zero-order valence-corrected chi connectivity index (χ0v) is 15.5. The summed E-state index contributed by atoms with van der Waals surface area (Å²) in [6.07, 6.45) is 5.66. The molecule has 0 aromatic carbocycles. The summed E-state index contributed by atoms with van der Waals surface area (Å²) >= 11 is 0. The molecule has 0 bridgehead atoms. The third-order valence-electron chi connectivity index (χ3n) is 4.52. The predicted molar refractivity (Wildman–Crippen MR) is 104 cm³/mol. The van der Waals surface area contributed by atoms with Gasteiger partial charge in [0.2, 0.25) is 5.95 Å². The van der Waals surface area contributed by atoms with Crippen LogP contribution < -0.4 is 16.0 Å². The highest BCUT2D eigenvalue weighted by atomic mass is 15.3. The van der Waals surface area contributed by atoms with Gasteiger partial charge in [-0.3, -0.25) is 0 Å². The Morgan fingerprint density at radius 1 is 1.11 bits per heavy atom. The molecule has 1 aliphatic rings. The van der Waals surface area contributed by atoms with Crippen LogP contribution >= 0.6 is 0 Å². The zero-order chi connectivity index (χ0) is 18.8. The molecule has 140 valence electrons. The maximum absolute atomic E-state index is 5.89. The Morgan fingerprint density at radius 2 is 2.00 bits per heavy atom. The second-order valence-corrected chi connectivity index (χ2v) is 6.76. The van der Waals surface area contributed by atoms with Gasteiger partial charge < -0.3 is 16.0 Å². The molecule has 1 atom stereocenters. The Morgan fingerprint density at radius 3 is 2.78 bits per heavy atom.